The van der Waals surface area contributed by atoms with E-state index in [1.807, 2.05) is 12.1 Å². The molecule has 0 amide bonds. The molecule has 0 bridgehead atoms. The Labute approximate surface area is 189 Å². The molecule has 1 N–H and O–H groups in total. The summed E-state index contributed by atoms with van der Waals surface area (Å²) in [7, 11) is 0. The molecule has 1 aliphatic rings. The van der Waals surface area contributed by atoms with Gasteiger partial charge in [0.2, 0.25) is 5.52 Å². The smallest absolute Gasteiger partial charge is 0.283 e. The monoisotopic (exact) mass is 447 g/mol. The lowest BCUT2D eigenvalue weighted by atomic mass is 9.83. The van der Waals surface area contributed by atoms with Gasteiger partial charge in [-0.25, -0.2) is 0 Å². The first-order valence-corrected chi connectivity index (χ1v) is 10.5. The second-order valence-electron chi connectivity index (χ2n) is 6.95. The molecule has 1 aromatic heterocycles. The molecule has 0 unspecified atom stereocenters. The van der Waals surface area contributed by atoms with Gasteiger partial charge in [0.25, 0.3) is 5.01 Å². The van der Waals surface area contributed by atoms with Crippen LogP contribution < -0.4 is 22.4 Å². The molecule has 1 heterocycles. The highest BCUT2D eigenvalue weighted by Crippen LogP contribution is 2.32. The Kier molecular flexibility index (Phi) is 5.67. The Hall–Kier alpha value is -3.35. The summed E-state index contributed by atoms with van der Waals surface area (Å²) in [6.07, 6.45) is 1.76. The summed E-state index contributed by atoms with van der Waals surface area (Å²) < 4.78 is 3.38. The van der Waals surface area contributed by atoms with Gasteiger partial charge in [0.05, 0.1) is 11.3 Å². The molecular weight excluding hydrogens is 430 g/mol. The van der Waals surface area contributed by atoms with E-state index < -0.39 is 0 Å². The molecule has 31 heavy (non-hydrogen) atoms. The normalized spacial score (nSPS) is 12.5. The first-order valence-electron chi connectivity index (χ1n) is 9.71. The lowest BCUT2D eigenvalue weighted by molar-refractivity contribution is -0.664. The number of benzene rings is 3. The molecule has 5 nitrogen and oxygen atoms in total. The maximum atomic E-state index is 13.1. The van der Waals surface area contributed by atoms with E-state index in [0.29, 0.717) is 27.9 Å². The number of aromatic nitrogens is 1. The molecule has 0 saturated heterocycles. The van der Waals surface area contributed by atoms with E-state index in [4.69, 9.17) is 0 Å². The van der Waals surface area contributed by atoms with Crippen molar-refractivity contribution in [2.45, 2.75) is 13.5 Å². The first-order chi connectivity index (χ1) is 14.7. The highest BCUT2D eigenvalue weighted by atomic mass is 35.5. The molecule has 0 atom stereocenters. The Morgan fingerprint density at radius 1 is 0.903 bits per heavy atom. The van der Waals surface area contributed by atoms with Gasteiger partial charge in [-0.15, -0.1) is 0 Å². The number of carbonyl (C=O) groups is 2. The number of fused-ring (bicyclic) bond motifs is 3. The van der Waals surface area contributed by atoms with Crippen molar-refractivity contribution in [3.63, 3.8) is 0 Å². The molecule has 0 aliphatic heterocycles. The molecule has 0 saturated carbocycles. The van der Waals surface area contributed by atoms with E-state index >= 15 is 0 Å². The second-order valence-corrected chi connectivity index (χ2v) is 8.02. The van der Waals surface area contributed by atoms with E-state index in [9.17, 15) is 9.59 Å². The van der Waals surface area contributed by atoms with E-state index in [2.05, 4.69) is 34.2 Å². The van der Waals surface area contributed by atoms with Crippen LogP contribution in [0.2, 0.25) is 0 Å². The van der Waals surface area contributed by atoms with Crippen molar-refractivity contribution in [2.24, 2.45) is 5.10 Å². The quantitative estimate of drug-likeness (QED) is 0.257. The highest BCUT2D eigenvalue weighted by Gasteiger charge is 2.31. The predicted octanol–water partition coefficient (Wildman–Crippen LogP) is 1.43. The predicted molar refractivity (Wildman–Crippen MR) is 119 cm³/mol. The highest BCUT2D eigenvalue weighted by molar-refractivity contribution is 7.19. The molecule has 4 aromatic rings. The van der Waals surface area contributed by atoms with Crippen LogP contribution >= 0.6 is 11.3 Å². The zero-order valence-corrected chi connectivity index (χ0v) is 18.2. The average Bonchev–Trinajstić information content (AvgIpc) is 3.14. The maximum absolute atomic E-state index is 13.1. The van der Waals surface area contributed by atoms with Gasteiger partial charge in [-0.1, -0.05) is 59.9 Å². The van der Waals surface area contributed by atoms with Crippen LogP contribution in [0.5, 0.6) is 0 Å². The number of aryl methyl sites for hydroxylation is 1. The number of anilines is 1. The van der Waals surface area contributed by atoms with Crippen molar-refractivity contribution in [3.05, 3.63) is 94.0 Å². The molecule has 1 aliphatic carbocycles. The fourth-order valence-electron chi connectivity index (χ4n) is 3.87. The number of nitrogens with zero attached hydrogens (tertiary/aromatic N) is 2. The molecule has 3 aromatic carbocycles. The largest absolute Gasteiger partial charge is 1.00 e. The van der Waals surface area contributed by atoms with Gasteiger partial charge in [-0.05, 0) is 19.1 Å². The number of halogens is 1. The maximum Gasteiger partial charge on any atom is 0.283 e. The molecule has 0 fully saturated rings. The number of rotatable bonds is 4. The number of nitrogens with one attached hydrogen (secondary N) is 1. The second kappa shape index (κ2) is 8.41. The van der Waals surface area contributed by atoms with Crippen LogP contribution in [0.1, 0.15) is 43.8 Å². The van der Waals surface area contributed by atoms with Gasteiger partial charge in [-0.2, -0.15) is 9.67 Å². The van der Waals surface area contributed by atoms with Crippen LogP contribution in [-0.2, 0) is 6.54 Å². The van der Waals surface area contributed by atoms with Crippen molar-refractivity contribution >= 4 is 45.0 Å². The summed E-state index contributed by atoms with van der Waals surface area (Å²) in [5.41, 5.74) is 6.35. The van der Waals surface area contributed by atoms with Gasteiger partial charge >= 0.3 is 0 Å². The number of hydrogen-bond acceptors (Lipinski definition) is 5. The van der Waals surface area contributed by atoms with Crippen LogP contribution in [0.3, 0.4) is 0 Å². The minimum absolute atomic E-state index is 0. The average molecular weight is 448 g/mol. The van der Waals surface area contributed by atoms with Crippen molar-refractivity contribution in [3.8, 4) is 0 Å². The van der Waals surface area contributed by atoms with Crippen LogP contribution in [0.15, 0.2) is 71.8 Å². The lowest BCUT2D eigenvalue weighted by Crippen LogP contribution is -3.00. The standard InChI is InChI=1S/C24H17N3O2S.ClH/c1-2-27-19-12-5-6-13-20(19)30-21(27)14-25-26-18-11-7-10-17-22(18)24(29)16-9-4-3-8-15(16)23(17)28;/h3-14H,2H2,1H3;1H. The van der Waals surface area contributed by atoms with Gasteiger partial charge in [-0.3, -0.25) is 15.0 Å². The summed E-state index contributed by atoms with van der Waals surface area (Å²) in [6.45, 7) is 2.93. The third kappa shape index (κ3) is 3.44. The summed E-state index contributed by atoms with van der Waals surface area (Å²) in [4.78, 5) is 25.9. The number of carbonyl (C=O) groups excluding carboxylic acids is 2. The minimum Gasteiger partial charge on any atom is -1.00 e. The van der Waals surface area contributed by atoms with Gasteiger partial charge in [0.1, 0.15) is 17.5 Å². The van der Waals surface area contributed by atoms with Crippen LogP contribution in [0, 0.1) is 0 Å². The fourth-order valence-corrected chi connectivity index (χ4v) is 4.97. The van der Waals surface area contributed by atoms with Crippen molar-refractivity contribution < 1.29 is 26.6 Å². The van der Waals surface area contributed by atoms with Gasteiger partial charge in [0.15, 0.2) is 11.6 Å². The lowest BCUT2D eigenvalue weighted by Gasteiger charge is -2.19. The molecule has 7 heteroatoms. The van der Waals surface area contributed by atoms with Crippen LogP contribution in [0.25, 0.3) is 10.2 Å². The SMILES string of the molecule is CC[n+]1c(/C=N/Nc2cccc3c2C(=O)c2ccccc2C3=O)sc2ccccc21.[Cl-]. The van der Waals surface area contributed by atoms with E-state index in [0.717, 1.165) is 11.6 Å². The van der Waals surface area contributed by atoms with E-state index in [1.54, 1.807) is 60.0 Å². The third-order valence-corrected chi connectivity index (χ3v) is 6.37. The fraction of sp³-hybridized carbons (Fsp3) is 0.0833. The molecule has 154 valence electrons. The minimum atomic E-state index is -0.163. The van der Waals surface area contributed by atoms with E-state index in [-0.39, 0.29) is 24.0 Å². The molecule has 0 radical (unpaired) electrons. The number of ketones is 2. The number of para-hydroxylation sites is 1. The number of thiazole rings is 1. The van der Waals surface area contributed by atoms with Crippen molar-refractivity contribution in [1.82, 2.24) is 0 Å². The Balaban J connectivity index is 0.00000231. The number of hydrazone groups is 1. The van der Waals surface area contributed by atoms with Crippen molar-refractivity contribution in [2.75, 3.05) is 5.43 Å². The summed E-state index contributed by atoms with van der Waals surface area (Å²) in [5.74, 6) is -0.301. The molecular formula is C24H18ClN3O2S. The molecule has 5 rings (SSSR count). The zero-order chi connectivity index (χ0) is 20.7. The van der Waals surface area contributed by atoms with Crippen molar-refractivity contribution in [1.29, 1.82) is 0 Å². The first kappa shape index (κ1) is 20.9. The topological polar surface area (TPSA) is 62.4 Å². The summed E-state index contributed by atoms with van der Waals surface area (Å²) in [5, 5.41) is 5.39. The Morgan fingerprint density at radius 3 is 2.35 bits per heavy atom. The van der Waals surface area contributed by atoms with Gasteiger partial charge in [0, 0.05) is 22.8 Å². The summed E-state index contributed by atoms with van der Waals surface area (Å²) in [6, 6.07) is 20.4. The summed E-state index contributed by atoms with van der Waals surface area (Å²) >= 11 is 1.66. The Morgan fingerprint density at radius 2 is 1.58 bits per heavy atom. The van der Waals surface area contributed by atoms with Crippen LogP contribution in [0.4, 0.5) is 5.69 Å². The number of hydrogen-bond donors (Lipinski definition) is 1. The third-order valence-electron chi connectivity index (χ3n) is 5.27. The van der Waals surface area contributed by atoms with Gasteiger partial charge < -0.3 is 12.4 Å². The van der Waals surface area contributed by atoms with Crippen LogP contribution in [-0.4, -0.2) is 17.8 Å². The zero-order valence-electron chi connectivity index (χ0n) is 16.6. The molecule has 0 spiro atoms. The Bertz CT molecular complexity index is 1360. The van der Waals surface area contributed by atoms with E-state index in [1.165, 1.54) is 10.2 Å².